The van der Waals surface area contributed by atoms with Crippen molar-refractivity contribution in [3.8, 4) is 0 Å². The van der Waals surface area contributed by atoms with Crippen LogP contribution in [-0.4, -0.2) is 22.5 Å². The first-order chi connectivity index (χ1) is 14.4. The standard InChI is InChI=1S/C21H22FN3O4S/c22-18-11-6-15(12-19(18)24-21(27)14-4-2-1-3-5-14)23-20(26)13-30-17-9-7-16(8-10-17)25(28)29/h6-12,14H,1-5,13H2,(H,23,26)(H,24,27). The van der Waals surface area contributed by atoms with E-state index in [0.29, 0.717) is 5.69 Å². The number of non-ortho nitro benzene ring substituents is 1. The van der Waals surface area contributed by atoms with Gasteiger partial charge in [0.15, 0.2) is 0 Å². The summed E-state index contributed by atoms with van der Waals surface area (Å²) in [6, 6.07) is 9.95. The summed E-state index contributed by atoms with van der Waals surface area (Å²) in [5.74, 6) is -1.08. The fraction of sp³-hybridized carbons (Fsp3) is 0.333. The van der Waals surface area contributed by atoms with Crippen LogP contribution in [-0.2, 0) is 9.59 Å². The van der Waals surface area contributed by atoms with Crippen LogP contribution >= 0.6 is 11.8 Å². The van der Waals surface area contributed by atoms with Crippen molar-refractivity contribution in [1.29, 1.82) is 0 Å². The van der Waals surface area contributed by atoms with E-state index in [1.807, 2.05) is 0 Å². The lowest BCUT2D eigenvalue weighted by Crippen LogP contribution is -2.25. The molecule has 0 saturated heterocycles. The lowest BCUT2D eigenvalue weighted by molar-refractivity contribution is -0.384. The highest BCUT2D eigenvalue weighted by Gasteiger charge is 2.22. The second-order valence-corrected chi connectivity index (χ2v) is 8.16. The molecule has 0 aromatic heterocycles. The number of rotatable bonds is 7. The van der Waals surface area contributed by atoms with Gasteiger partial charge in [-0.3, -0.25) is 19.7 Å². The van der Waals surface area contributed by atoms with Crippen LogP contribution in [0.4, 0.5) is 21.5 Å². The van der Waals surface area contributed by atoms with E-state index in [1.54, 1.807) is 12.1 Å². The predicted octanol–water partition coefficient (Wildman–Crippen LogP) is 4.98. The van der Waals surface area contributed by atoms with Crippen LogP contribution in [0.15, 0.2) is 47.4 Å². The van der Waals surface area contributed by atoms with Crippen LogP contribution in [0.3, 0.4) is 0 Å². The molecule has 30 heavy (non-hydrogen) atoms. The van der Waals surface area contributed by atoms with Crippen molar-refractivity contribution < 1.29 is 18.9 Å². The molecule has 0 bridgehead atoms. The molecule has 0 aliphatic heterocycles. The van der Waals surface area contributed by atoms with Gasteiger partial charge in [0.1, 0.15) is 5.82 Å². The van der Waals surface area contributed by atoms with E-state index in [2.05, 4.69) is 10.6 Å². The van der Waals surface area contributed by atoms with Crippen LogP contribution in [0.2, 0.25) is 0 Å². The summed E-state index contributed by atoms with van der Waals surface area (Å²) in [6.07, 6.45) is 4.75. The lowest BCUT2D eigenvalue weighted by Gasteiger charge is -2.21. The molecule has 0 atom stereocenters. The van der Waals surface area contributed by atoms with Crippen LogP contribution in [0.5, 0.6) is 0 Å². The Morgan fingerprint density at radius 2 is 1.77 bits per heavy atom. The quantitative estimate of drug-likeness (QED) is 0.366. The summed E-state index contributed by atoms with van der Waals surface area (Å²) in [5.41, 5.74) is 0.411. The van der Waals surface area contributed by atoms with E-state index in [0.717, 1.165) is 37.0 Å². The predicted molar refractivity (Wildman–Crippen MR) is 114 cm³/mol. The molecule has 0 unspecified atom stereocenters. The number of anilines is 2. The van der Waals surface area contributed by atoms with E-state index < -0.39 is 10.7 Å². The van der Waals surface area contributed by atoms with Crippen molar-refractivity contribution in [2.24, 2.45) is 5.92 Å². The summed E-state index contributed by atoms with van der Waals surface area (Å²) >= 11 is 1.23. The number of halogens is 1. The Morgan fingerprint density at radius 3 is 2.43 bits per heavy atom. The second-order valence-electron chi connectivity index (χ2n) is 7.11. The van der Waals surface area contributed by atoms with Gasteiger partial charge in [0.05, 0.1) is 16.4 Å². The van der Waals surface area contributed by atoms with Gasteiger partial charge in [-0.25, -0.2) is 4.39 Å². The first-order valence-electron chi connectivity index (χ1n) is 9.70. The third-order valence-electron chi connectivity index (χ3n) is 4.90. The Labute approximate surface area is 177 Å². The zero-order valence-electron chi connectivity index (χ0n) is 16.2. The molecule has 3 rings (SSSR count). The summed E-state index contributed by atoms with van der Waals surface area (Å²) < 4.78 is 14.1. The van der Waals surface area contributed by atoms with Gasteiger partial charge in [-0.05, 0) is 43.2 Å². The molecule has 158 valence electrons. The minimum atomic E-state index is -0.558. The van der Waals surface area contributed by atoms with Crippen LogP contribution < -0.4 is 10.6 Å². The summed E-state index contributed by atoms with van der Waals surface area (Å²) in [5, 5.41) is 16.0. The molecular formula is C21H22FN3O4S. The lowest BCUT2D eigenvalue weighted by atomic mass is 9.88. The van der Waals surface area contributed by atoms with Gasteiger partial charge >= 0.3 is 0 Å². The van der Waals surface area contributed by atoms with Crippen LogP contribution in [0, 0.1) is 21.8 Å². The Kier molecular flexibility index (Phi) is 7.40. The van der Waals surface area contributed by atoms with Crippen molar-refractivity contribution in [2.75, 3.05) is 16.4 Å². The van der Waals surface area contributed by atoms with Crippen molar-refractivity contribution in [2.45, 2.75) is 37.0 Å². The minimum Gasteiger partial charge on any atom is -0.325 e. The van der Waals surface area contributed by atoms with Gasteiger partial charge in [-0.1, -0.05) is 19.3 Å². The van der Waals surface area contributed by atoms with E-state index in [9.17, 15) is 24.1 Å². The molecule has 2 aromatic rings. The number of nitro benzene ring substituents is 1. The highest BCUT2D eigenvalue weighted by atomic mass is 32.2. The van der Waals surface area contributed by atoms with Crippen molar-refractivity contribution in [3.63, 3.8) is 0 Å². The Balaban J connectivity index is 1.55. The maximum Gasteiger partial charge on any atom is 0.269 e. The number of nitro groups is 1. The van der Waals surface area contributed by atoms with Gasteiger partial charge in [-0.2, -0.15) is 0 Å². The summed E-state index contributed by atoms with van der Waals surface area (Å²) in [6.45, 7) is 0. The van der Waals surface area contributed by atoms with E-state index >= 15 is 0 Å². The molecule has 7 nitrogen and oxygen atoms in total. The second kappa shape index (κ2) is 10.2. The fourth-order valence-electron chi connectivity index (χ4n) is 3.31. The molecule has 9 heteroatoms. The van der Waals surface area contributed by atoms with E-state index in [1.165, 1.54) is 42.1 Å². The maximum atomic E-state index is 14.1. The van der Waals surface area contributed by atoms with E-state index in [4.69, 9.17) is 0 Å². The minimum absolute atomic E-state index is 0.0158. The van der Waals surface area contributed by atoms with Crippen LogP contribution in [0.25, 0.3) is 0 Å². The summed E-state index contributed by atoms with van der Waals surface area (Å²) in [7, 11) is 0. The monoisotopic (exact) mass is 431 g/mol. The smallest absolute Gasteiger partial charge is 0.269 e. The van der Waals surface area contributed by atoms with Gasteiger partial charge in [0, 0.05) is 28.6 Å². The Bertz CT molecular complexity index is 930. The summed E-state index contributed by atoms with van der Waals surface area (Å²) in [4.78, 5) is 35.5. The van der Waals surface area contributed by atoms with Crippen molar-refractivity contribution in [1.82, 2.24) is 0 Å². The molecule has 1 aliphatic rings. The number of hydrogen-bond acceptors (Lipinski definition) is 5. The Hall–Kier alpha value is -2.94. The fourth-order valence-corrected chi connectivity index (χ4v) is 4.01. The van der Waals surface area contributed by atoms with Gasteiger partial charge in [-0.15, -0.1) is 11.8 Å². The zero-order chi connectivity index (χ0) is 21.5. The molecule has 1 saturated carbocycles. The number of carbonyl (C=O) groups excluding carboxylic acids is 2. The molecule has 0 heterocycles. The highest BCUT2D eigenvalue weighted by Crippen LogP contribution is 2.27. The number of hydrogen-bond donors (Lipinski definition) is 2. The largest absolute Gasteiger partial charge is 0.325 e. The molecule has 2 aromatic carbocycles. The molecule has 0 spiro atoms. The van der Waals surface area contributed by atoms with Crippen molar-refractivity contribution in [3.05, 3.63) is 58.4 Å². The number of benzene rings is 2. The molecule has 1 fully saturated rings. The van der Waals surface area contributed by atoms with Crippen molar-refractivity contribution >= 4 is 40.6 Å². The molecule has 2 N–H and O–H groups in total. The van der Waals surface area contributed by atoms with Gasteiger partial charge in [0.25, 0.3) is 5.69 Å². The highest BCUT2D eigenvalue weighted by molar-refractivity contribution is 8.00. The molecule has 1 aliphatic carbocycles. The number of amides is 2. The zero-order valence-corrected chi connectivity index (χ0v) is 17.0. The number of nitrogens with zero attached hydrogens (tertiary/aromatic N) is 1. The average molecular weight is 431 g/mol. The average Bonchev–Trinajstić information content (AvgIpc) is 2.75. The number of nitrogens with one attached hydrogen (secondary N) is 2. The van der Waals surface area contributed by atoms with Crippen LogP contribution in [0.1, 0.15) is 32.1 Å². The SMILES string of the molecule is O=C(CSc1ccc([N+](=O)[O-])cc1)Nc1ccc(F)c(NC(=O)C2CCCCC2)c1. The Morgan fingerprint density at radius 1 is 1.07 bits per heavy atom. The maximum absolute atomic E-state index is 14.1. The molecular weight excluding hydrogens is 409 g/mol. The van der Waals surface area contributed by atoms with Gasteiger partial charge < -0.3 is 10.6 Å². The first-order valence-corrected chi connectivity index (χ1v) is 10.7. The van der Waals surface area contributed by atoms with E-state index in [-0.39, 0.29) is 34.9 Å². The topological polar surface area (TPSA) is 101 Å². The molecule has 0 radical (unpaired) electrons. The van der Waals surface area contributed by atoms with Gasteiger partial charge in [0.2, 0.25) is 11.8 Å². The number of thioether (sulfide) groups is 1. The molecule has 2 amide bonds. The normalized spacial score (nSPS) is 14.2. The first kappa shape index (κ1) is 21.8. The number of carbonyl (C=O) groups is 2. The third kappa shape index (κ3) is 6.03. The third-order valence-corrected chi connectivity index (χ3v) is 5.91.